The molecular formula is C11H16ClNOS. The van der Waals surface area contributed by atoms with Crippen molar-refractivity contribution in [1.29, 1.82) is 0 Å². The zero-order valence-corrected chi connectivity index (χ0v) is 10.2. The second-order valence-electron chi connectivity index (χ2n) is 3.06. The smallest absolute Gasteiger partial charge is 0.119 e. The van der Waals surface area contributed by atoms with E-state index in [0.29, 0.717) is 0 Å². The van der Waals surface area contributed by atoms with E-state index in [4.69, 9.17) is 22.1 Å². The molecule has 0 amide bonds. The van der Waals surface area contributed by atoms with Crippen LogP contribution in [0.25, 0.3) is 0 Å². The predicted octanol–water partition coefficient (Wildman–Crippen LogP) is 2.80. The molecule has 1 aromatic carbocycles. The Bertz CT molecular complexity index is 266. The number of ether oxygens (including phenoxy) is 1. The highest BCUT2D eigenvalue weighted by molar-refractivity contribution is 7.99. The van der Waals surface area contributed by atoms with E-state index in [-0.39, 0.29) is 0 Å². The molecule has 0 atom stereocenters. The first-order valence-corrected chi connectivity index (χ1v) is 6.52. The van der Waals surface area contributed by atoms with Crippen LogP contribution in [0.4, 0.5) is 0 Å². The number of thioether (sulfide) groups is 1. The number of benzene rings is 1. The maximum absolute atomic E-state index is 5.76. The van der Waals surface area contributed by atoms with Gasteiger partial charge in [-0.1, -0.05) is 11.6 Å². The van der Waals surface area contributed by atoms with Gasteiger partial charge in [-0.3, -0.25) is 0 Å². The van der Waals surface area contributed by atoms with Gasteiger partial charge in [0.15, 0.2) is 0 Å². The minimum atomic E-state index is 0.737. The molecule has 1 aromatic rings. The van der Waals surface area contributed by atoms with Gasteiger partial charge in [-0.05, 0) is 36.4 Å². The van der Waals surface area contributed by atoms with Crippen molar-refractivity contribution in [1.82, 2.24) is 0 Å². The van der Waals surface area contributed by atoms with Gasteiger partial charge in [0.05, 0.1) is 6.61 Å². The maximum atomic E-state index is 5.76. The lowest BCUT2D eigenvalue weighted by atomic mass is 10.3. The van der Waals surface area contributed by atoms with Gasteiger partial charge in [0.2, 0.25) is 0 Å². The largest absolute Gasteiger partial charge is 0.494 e. The Morgan fingerprint density at radius 2 is 1.93 bits per heavy atom. The molecule has 1 rings (SSSR count). The number of nitrogens with two attached hydrogens (primary N) is 1. The van der Waals surface area contributed by atoms with Gasteiger partial charge in [-0.25, -0.2) is 0 Å². The molecular weight excluding hydrogens is 230 g/mol. The van der Waals surface area contributed by atoms with E-state index in [9.17, 15) is 0 Å². The van der Waals surface area contributed by atoms with E-state index < -0.39 is 0 Å². The molecule has 0 spiro atoms. The Morgan fingerprint density at radius 1 is 1.20 bits per heavy atom. The molecule has 0 saturated carbocycles. The summed E-state index contributed by atoms with van der Waals surface area (Å²) in [5.41, 5.74) is 5.38. The van der Waals surface area contributed by atoms with Crippen LogP contribution in [0.1, 0.15) is 6.42 Å². The standard InChI is InChI=1S/C11H16ClNOS/c12-10-2-4-11(5-3-10)14-7-1-8-15-9-6-13/h2-5H,1,6-9,13H2. The fraction of sp³-hybridized carbons (Fsp3) is 0.455. The molecule has 0 heterocycles. The molecule has 0 bridgehead atoms. The van der Waals surface area contributed by atoms with Gasteiger partial charge < -0.3 is 10.5 Å². The Balaban J connectivity index is 2.07. The molecule has 0 unspecified atom stereocenters. The van der Waals surface area contributed by atoms with Crippen LogP contribution < -0.4 is 10.5 Å². The van der Waals surface area contributed by atoms with Crippen molar-refractivity contribution in [2.24, 2.45) is 5.73 Å². The molecule has 0 saturated heterocycles. The average molecular weight is 246 g/mol. The lowest BCUT2D eigenvalue weighted by Crippen LogP contribution is -2.03. The summed E-state index contributed by atoms with van der Waals surface area (Å²) in [5.74, 6) is 3.01. The van der Waals surface area contributed by atoms with E-state index in [1.54, 1.807) is 0 Å². The lowest BCUT2D eigenvalue weighted by Gasteiger charge is -2.05. The fourth-order valence-corrected chi connectivity index (χ4v) is 1.89. The number of hydrogen-bond acceptors (Lipinski definition) is 3. The molecule has 0 aliphatic rings. The second-order valence-corrected chi connectivity index (χ2v) is 4.72. The summed E-state index contributed by atoms with van der Waals surface area (Å²) in [7, 11) is 0. The van der Waals surface area contributed by atoms with Crippen molar-refractivity contribution in [3.63, 3.8) is 0 Å². The van der Waals surface area contributed by atoms with Gasteiger partial charge in [0.25, 0.3) is 0 Å². The topological polar surface area (TPSA) is 35.2 Å². The van der Waals surface area contributed by atoms with Crippen molar-refractivity contribution >= 4 is 23.4 Å². The number of rotatable bonds is 7. The van der Waals surface area contributed by atoms with Crippen molar-refractivity contribution in [3.05, 3.63) is 29.3 Å². The summed E-state index contributed by atoms with van der Waals surface area (Å²) in [6.07, 6.45) is 1.05. The zero-order chi connectivity index (χ0) is 10.9. The highest BCUT2D eigenvalue weighted by Gasteiger charge is 1.94. The van der Waals surface area contributed by atoms with E-state index in [1.165, 1.54) is 0 Å². The molecule has 0 aliphatic heterocycles. The summed E-state index contributed by atoms with van der Waals surface area (Å²) < 4.78 is 5.54. The minimum absolute atomic E-state index is 0.737. The SMILES string of the molecule is NCCSCCCOc1ccc(Cl)cc1. The summed E-state index contributed by atoms with van der Waals surface area (Å²) >= 11 is 7.62. The van der Waals surface area contributed by atoms with Crippen LogP contribution in [-0.2, 0) is 0 Å². The Labute approximate surface area is 100 Å². The molecule has 0 fully saturated rings. The normalized spacial score (nSPS) is 10.3. The van der Waals surface area contributed by atoms with Crippen LogP contribution in [0.2, 0.25) is 5.02 Å². The summed E-state index contributed by atoms with van der Waals surface area (Å²) in [6, 6.07) is 7.44. The molecule has 2 nitrogen and oxygen atoms in total. The minimum Gasteiger partial charge on any atom is -0.494 e. The third-order valence-corrected chi connectivity index (χ3v) is 3.13. The fourth-order valence-electron chi connectivity index (χ4n) is 1.07. The summed E-state index contributed by atoms with van der Waals surface area (Å²) in [6.45, 7) is 1.50. The highest BCUT2D eigenvalue weighted by atomic mass is 35.5. The first kappa shape index (κ1) is 12.7. The zero-order valence-electron chi connectivity index (χ0n) is 8.62. The molecule has 84 valence electrons. The van der Waals surface area contributed by atoms with Crippen LogP contribution in [0, 0.1) is 0 Å². The van der Waals surface area contributed by atoms with Gasteiger partial charge >= 0.3 is 0 Å². The highest BCUT2D eigenvalue weighted by Crippen LogP contribution is 2.15. The van der Waals surface area contributed by atoms with Gasteiger partial charge in [-0.15, -0.1) is 0 Å². The Kier molecular flexibility index (Phi) is 6.64. The first-order chi connectivity index (χ1) is 7.33. The van der Waals surface area contributed by atoms with Gasteiger partial charge in [-0.2, -0.15) is 11.8 Å². The van der Waals surface area contributed by atoms with Crippen molar-refractivity contribution in [2.45, 2.75) is 6.42 Å². The average Bonchev–Trinajstić information content (AvgIpc) is 2.26. The van der Waals surface area contributed by atoms with Crippen LogP contribution in [0.3, 0.4) is 0 Å². The molecule has 4 heteroatoms. The monoisotopic (exact) mass is 245 g/mol. The Hall–Kier alpha value is -0.380. The van der Waals surface area contributed by atoms with E-state index >= 15 is 0 Å². The van der Waals surface area contributed by atoms with E-state index in [1.807, 2.05) is 36.0 Å². The van der Waals surface area contributed by atoms with E-state index in [0.717, 1.165) is 41.9 Å². The molecule has 0 aliphatic carbocycles. The van der Waals surface area contributed by atoms with Crippen LogP contribution in [-0.4, -0.2) is 24.7 Å². The molecule has 0 aromatic heterocycles. The quantitative estimate of drug-likeness (QED) is 0.751. The van der Waals surface area contributed by atoms with E-state index in [2.05, 4.69) is 0 Å². The van der Waals surface area contributed by atoms with Crippen molar-refractivity contribution in [3.8, 4) is 5.75 Å². The van der Waals surface area contributed by atoms with Crippen molar-refractivity contribution < 1.29 is 4.74 Å². The van der Waals surface area contributed by atoms with Gasteiger partial charge in [0.1, 0.15) is 5.75 Å². The first-order valence-electron chi connectivity index (χ1n) is 4.99. The molecule has 2 N–H and O–H groups in total. The third-order valence-electron chi connectivity index (χ3n) is 1.78. The Morgan fingerprint density at radius 3 is 2.60 bits per heavy atom. The molecule has 15 heavy (non-hydrogen) atoms. The summed E-state index contributed by atoms with van der Waals surface area (Å²) in [5, 5.41) is 0.737. The third kappa shape index (κ3) is 5.92. The summed E-state index contributed by atoms with van der Waals surface area (Å²) in [4.78, 5) is 0. The van der Waals surface area contributed by atoms with Crippen LogP contribution in [0.15, 0.2) is 24.3 Å². The number of hydrogen-bond donors (Lipinski definition) is 1. The van der Waals surface area contributed by atoms with Gasteiger partial charge in [0, 0.05) is 17.3 Å². The van der Waals surface area contributed by atoms with Crippen LogP contribution in [0.5, 0.6) is 5.75 Å². The maximum Gasteiger partial charge on any atom is 0.119 e. The second kappa shape index (κ2) is 7.85. The predicted molar refractivity (Wildman–Crippen MR) is 67.9 cm³/mol. The molecule has 0 radical (unpaired) electrons. The van der Waals surface area contributed by atoms with Crippen LogP contribution >= 0.6 is 23.4 Å². The number of halogens is 1. The lowest BCUT2D eigenvalue weighted by molar-refractivity contribution is 0.319. The van der Waals surface area contributed by atoms with Crippen molar-refractivity contribution in [2.75, 3.05) is 24.7 Å².